The van der Waals surface area contributed by atoms with Crippen molar-refractivity contribution in [3.05, 3.63) is 0 Å². The van der Waals surface area contributed by atoms with Gasteiger partial charge in [0.2, 0.25) is 5.91 Å². The molecule has 2 fully saturated rings. The van der Waals surface area contributed by atoms with Crippen LogP contribution in [0.25, 0.3) is 0 Å². The highest BCUT2D eigenvalue weighted by atomic mass is 127. The van der Waals surface area contributed by atoms with Gasteiger partial charge >= 0.3 is 0 Å². The van der Waals surface area contributed by atoms with Crippen molar-refractivity contribution in [3.8, 4) is 0 Å². The van der Waals surface area contributed by atoms with Gasteiger partial charge in [-0.15, -0.1) is 24.0 Å². The first-order valence-electron chi connectivity index (χ1n) is 8.83. The fraction of sp³-hybridized carbons (Fsp3) is 0.875. The predicted octanol–water partition coefficient (Wildman–Crippen LogP) is 0.995. The first-order valence-corrected chi connectivity index (χ1v) is 10.9. The van der Waals surface area contributed by atoms with Crippen LogP contribution in [0.4, 0.5) is 0 Å². The Morgan fingerprint density at radius 3 is 2.48 bits per heavy atom. The summed E-state index contributed by atoms with van der Waals surface area (Å²) in [4.78, 5) is 18.7. The van der Waals surface area contributed by atoms with Crippen molar-refractivity contribution >= 4 is 45.7 Å². The summed E-state index contributed by atoms with van der Waals surface area (Å²) in [6.45, 7) is 1.81. The van der Waals surface area contributed by atoms with Gasteiger partial charge in [-0.05, 0) is 19.3 Å². The Balaban J connectivity index is 0.00000312. The van der Waals surface area contributed by atoms with Crippen LogP contribution >= 0.6 is 24.0 Å². The fourth-order valence-corrected chi connectivity index (χ4v) is 3.90. The lowest BCUT2D eigenvalue weighted by Gasteiger charge is -2.26. The number of amides is 1. The first kappa shape index (κ1) is 22.5. The van der Waals surface area contributed by atoms with Crippen LogP contribution in [0.3, 0.4) is 0 Å². The maximum atomic E-state index is 12.6. The average Bonchev–Trinajstić information content (AvgIpc) is 3.01. The number of aliphatic imine (C=N–C) groups is 1. The quantitative estimate of drug-likeness (QED) is 0.344. The van der Waals surface area contributed by atoms with Crippen LogP contribution in [0, 0.1) is 5.92 Å². The standard InChI is InChI=1S/C16H30N4O3S.HI/c1-17-16(18-9-11-24(2,22)23)19-14-8-10-20(12-14)15(21)13-6-4-3-5-7-13;/h13-14H,3-12H2,1-2H3,(H2,17,18,19);1H. The molecule has 1 unspecified atom stereocenters. The van der Waals surface area contributed by atoms with Gasteiger partial charge in [-0.1, -0.05) is 19.3 Å². The molecule has 0 spiro atoms. The second kappa shape index (κ2) is 10.5. The Kier molecular flexibility index (Phi) is 9.47. The number of nitrogens with one attached hydrogen (secondary N) is 2. The van der Waals surface area contributed by atoms with Gasteiger partial charge in [0.25, 0.3) is 0 Å². The van der Waals surface area contributed by atoms with E-state index < -0.39 is 9.84 Å². The second-order valence-corrected chi connectivity index (χ2v) is 9.14. The van der Waals surface area contributed by atoms with Crippen molar-refractivity contribution in [3.63, 3.8) is 0 Å². The van der Waals surface area contributed by atoms with Crippen LogP contribution in [-0.2, 0) is 14.6 Å². The van der Waals surface area contributed by atoms with Crippen molar-refractivity contribution in [2.75, 3.05) is 38.7 Å². The van der Waals surface area contributed by atoms with E-state index in [-0.39, 0.29) is 41.7 Å². The second-order valence-electron chi connectivity index (χ2n) is 6.88. The van der Waals surface area contributed by atoms with E-state index in [9.17, 15) is 13.2 Å². The molecule has 0 aromatic heterocycles. The number of likely N-dealkylation sites (tertiary alicyclic amines) is 1. The summed E-state index contributed by atoms with van der Waals surface area (Å²) in [6.07, 6.45) is 7.77. The van der Waals surface area contributed by atoms with Crippen molar-refractivity contribution < 1.29 is 13.2 Å². The molecule has 2 aliphatic rings. The predicted molar refractivity (Wildman–Crippen MR) is 111 cm³/mol. The lowest BCUT2D eigenvalue weighted by atomic mass is 9.88. The summed E-state index contributed by atoms with van der Waals surface area (Å²) in [5.41, 5.74) is 0. The van der Waals surface area contributed by atoms with Gasteiger partial charge < -0.3 is 15.5 Å². The largest absolute Gasteiger partial charge is 0.355 e. The number of halogens is 1. The van der Waals surface area contributed by atoms with E-state index >= 15 is 0 Å². The molecule has 1 saturated heterocycles. The highest BCUT2D eigenvalue weighted by molar-refractivity contribution is 14.0. The molecule has 7 nitrogen and oxygen atoms in total. The molecule has 2 rings (SSSR count). The summed E-state index contributed by atoms with van der Waals surface area (Å²) in [5, 5.41) is 6.31. The number of guanidine groups is 1. The molecule has 1 saturated carbocycles. The highest BCUT2D eigenvalue weighted by Gasteiger charge is 2.31. The maximum absolute atomic E-state index is 12.6. The third-order valence-corrected chi connectivity index (χ3v) is 5.73. The lowest BCUT2D eigenvalue weighted by molar-refractivity contribution is -0.135. The Bertz CT molecular complexity index is 562. The summed E-state index contributed by atoms with van der Waals surface area (Å²) in [7, 11) is -1.32. The number of hydrogen-bond acceptors (Lipinski definition) is 4. The van der Waals surface area contributed by atoms with Gasteiger partial charge in [-0.25, -0.2) is 8.42 Å². The minimum Gasteiger partial charge on any atom is -0.355 e. The Morgan fingerprint density at radius 2 is 1.88 bits per heavy atom. The number of hydrogen-bond donors (Lipinski definition) is 2. The normalized spacial score (nSPS) is 22.4. The number of sulfone groups is 1. The molecule has 1 aliphatic heterocycles. The maximum Gasteiger partial charge on any atom is 0.225 e. The Labute approximate surface area is 168 Å². The molecule has 9 heteroatoms. The molecular weight excluding hydrogens is 455 g/mol. The third-order valence-electron chi connectivity index (χ3n) is 4.78. The molecule has 0 radical (unpaired) electrons. The third kappa shape index (κ3) is 7.67. The molecule has 1 heterocycles. The van der Waals surface area contributed by atoms with Gasteiger partial charge in [0, 0.05) is 44.9 Å². The van der Waals surface area contributed by atoms with Crippen LogP contribution < -0.4 is 10.6 Å². The van der Waals surface area contributed by atoms with Gasteiger partial charge in [0.1, 0.15) is 9.84 Å². The van der Waals surface area contributed by atoms with Crippen LogP contribution in [0.5, 0.6) is 0 Å². The Hall–Kier alpha value is -0.580. The molecular formula is C16H31IN4O3S. The molecule has 146 valence electrons. The van der Waals surface area contributed by atoms with Crippen molar-refractivity contribution in [1.29, 1.82) is 0 Å². The van der Waals surface area contributed by atoms with Crippen molar-refractivity contribution in [2.45, 2.75) is 44.6 Å². The average molecular weight is 486 g/mol. The SMILES string of the molecule is CN=C(NCCS(C)(=O)=O)NC1CCN(C(=O)C2CCCCC2)C1.I. The molecule has 1 aliphatic carbocycles. The summed E-state index contributed by atoms with van der Waals surface area (Å²) < 4.78 is 22.3. The minimum absolute atomic E-state index is 0. The van der Waals surface area contributed by atoms with Crippen molar-refractivity contribution in [2.24, 2.45) is 10.9 Å². The number of nitrogens with zero attached hydrogens (tertiary/aromatic N) is 2. The molecule has 25 heavy (non-hydrogen) atoms. The summed E-state index contributed by atoms with van der Waals surface area (Å²) in [5.74, 6) is 1.18. The van der Waals surface area contributed by atoms with Gasteiger partial charge in [-0.3, -0.25) is 9.79 Å². The van der Waals surface area contributed by atoms with Gasteiger partial charge in [-0.2, -0.15) is 0 Å². The molecule has 1 atom stereocenters. The van der Waals surface area contributed by atoms with E-state index in [0.717, 1.165) is 25.8 Å². The zero-order chi connectivity index (χ0) is 17.6. The highest BCUT2D eigenvalue weighted by Crippen LogP contribution is 2.26. The molecule has 0 bridgehead atoms. The zero-order valence-electron chi connectivity index (χ0n) is 15.2. The number of carbonyl (C=O) groups excluding carboxylic acids is 1. The van der Waals surface area contributed by atoms with Crippen LogP contribution in [0.2, 0.25) is 0 Å². The van der Waals surface area contributed by atoms with E-state index in [1.807, 2.05) is 4.90 Å². The first-order chi connectivity index (χ1) is 11.4. The van der Waals surface area contributed by atoms with Gasteiger partial charge in [0.15, 0.2) is 5.96 Å². The van der Waals surface area contributed by atoms with E-state index in [0.29, 0.717) is 25.0 Å². The molecule has 0 aromatic carbocycles. The summed E-state index contributed by atoms with van der Waals surface area (Å²) in [6, 6.07) is 0.168. The topological polar surface area (TPSA) is 90.9 Å². The molecule has 0 aromatic rings. The monoisotopic (exact) mass is 486 g/mol. The Morgan fingerprint density at radius 1 is 1.20 bits per heavy atom. The van der Waals surface area contributed by atoms with Gasteiger partial charge in [0.05, 0.1) is 5.75 Å². The molecule has 2 N–H and O–H groups in total. The minimum atomic E-state index is -2.99. The zero-order valence-corrected chi connectivity index (χ0v) is 18.3. The van der Waals surface area contributed by atoms with E-state index in [4.69, 9.17) is 0 Å². The summed E-state index contributed by atoms with van der Waals surface area (Å²) >= 11 is 0. The van der Waals surface area contributed by atoms with Crippen LogP contribution in [0.1, 0.15) is 38.5 Å². The molecule has 1 amide bonds. The van der Waals surface area contributed by atoms with Crippen LogP contribution in [0.15, 0.2) is 4.99 Å². The fourth-order valence-electron chi connectivity index (χ4n) is 3.43. The van der Waals surface area contributed by atoms with Crippen molar-refractivity contribution in [1.82, 2.24) is 15.5 Å². The van der Waals surface area contributed by atoms with E-state index in [1.165, 1.54) is 25.5 Å². The smallest absolute Gasteiger partial charge is 0.225 e. The van der Waals surface area contributed by atoms with Crippen LogP contribution in [-0.4, -0.2) is 69.9 Å². The number of carbonyl (C=O) groups is 1. The van der Waals surface area contributed by atoms with E-state index in [1.54, 1.807) is 7.05 Å². The van der Waals surface area contributed by atoms with E-state index in [2.05, 4.69) is 15.6 Å². The lowest BCUT2D eigenvalue weighted by Crippen LogP contribution is -2.46. The number of rotatable bonds is 5.